The third-order valence-electron chi connectivity index (χ3n) is 3.78. The SMILES string of the molecule is CCN(CC)CC(C)NC(=O)CCC1CCNC1. The lowest BCUT2D eigenvalue weighted by atomic mass is 10.0. The Labute approximate surface area is 111 Å². The van der Waals surface area contributed by atoms with Crippen LogP contribution in [0.2, 0.25) is 0 Å². The number of nitrogens with one attached hydrogen (secondary N) is 2. The van der Waals surface area contributed by atoms with Crippen LogP contribution in [0.4, 0.5) is 0 Å². The van der Waals surface area contributed by atoms with E-state index in [9.17, 15) is 4.79 Å². The van der Waals surface area contributed by atoms with Gasteiger partial charge in [-0.05, 0) is 51.9 Å². The molecule has 0 bridgehead atoms. The molecule has 4 nitrogen and oxygen atoms in total. The first-order valence-corrected chi connectivity index (χ1v) is 7.38. The van der Waals surface area contributed by atoms with E-state index < -0.39 is 0 Å². The van der Waals surface area contributed by atoms with Crippen LogP contribution >= 0.6 is 0 Å². The molecule has 18 heavy (non-hydrogen) atoms. The second-order valence-corrected chi connectivity index (χ2v) is 5.35. The van der Waals surface area contributed by atoms with E-state index in [0.717, 1.165) is 39.1 Å². The number of hydrogen-bond acceptors (Lipinski definition) is 3. The molecule has 2 atom stereocenters. The molecular weight excluding hydrogens is 226 g/mol. The predicted octanol–water partition coefficient (Wildman–Crippen LogP) is 1.22. The summed E-state index contributed by atoms with van der Waals surface area (Å²) in [4.78, 5) is 14.2. The van der Waals surface area contributed by atoms with Crippen molar-refractivity contribution in [1.29, 1.82) is 0 Å². The van der Waals surface area contributed by atoms with Crippen LogP contribution < -0.4 is 10.6 Å². The number of carbonyl (C=O) groups is 1. The van der Waals surface area contributed by atoms with Crippen LogP contribution in [0.3, 0.4) is 0 Å². The van der Waals surface area contributed by atoms with Crippen molar-refractivity contribution in [2.75, 3.05) is 32.7 Å². The highest BCUT2D eigenvalue weighted by Gasteiger charge is 2.16. The number of rotatable bonds is 8. The van der Waals surface area contributed by atoms with Crippen molar-refractivity contribution < 1.29 is 4.79 Å². The molecule has 0 aromatic heterocycles. The van der Waals surface area contributed by atoms with E-state index in [1.165, 1.54) is 6.42 Å². The summed E-state index contributed by atoms with van der Waals surface area (Å²) in [6.07, 6.45) is 2.92. The molecule has 1 aliphatic heterocycles. The maximum Gasteiger partial charge on any atom is 0.220 e. The zero-order valence-electron chi connectivity index (χ0n) is 12.2. The van der Waals surface area contributed by atoms with Crippen LogP contribution in [0.15, 0.2) is 0 Å². The normalized spacial score (nSPS) is 21.2. The Balaban J connectivity index is 2.13. The first kappa shape index (κ1) is 15.4. The average Bonchev–Trinajstić information content (AvgIpc) is 2.86. The largest absolute Gasteiger partial charge is 0.352 e. The zero-order chi connectivity index (χ0) is 13.4. The van der Waals surface area contributed by atoms with Crippen molar-refractivity contribution in [3.05, 3.63) is 0 Å². The van der Waals surface area contributed by atoms with Gasteiger partial charge in [-0.2, -0.15) is 0 Å². The van der Waals surface area contributed by atoms with Crippen LogP contribution in [0.1, 0.15) is 40.0 Å². The van der Waals surface area contributed by atoms with E-state index >= 15 is 0 Å². The van der Waals surface area contributed by atoms with Gasteiger partial charge in [0.25, 0.3) is 0 Å². The Morgan fingerprint density at radius 2 is 2.17 bits per heavy atom. The summed E-state index contributed by atoms with van der Waals surface area (Å²) in [5.41, 5.74) is 0. The molecule has 1 rings (SSSR count). The number of hydrogen-bond donors (Lipinski definition) is 2. The first-order chi connectivity index (χ1) is 8.65. The molecule has 2 unspecified atom stereocenters. The molecule has 4 heteroatoms. The molecule has 1 heterocycles. The fourth-order valence-electron chi connectivity index (χ4n) is 2.56. The molecule has 0 aliphatic carbocycles. The molecule has 2 N–H and O–H groups in total. The van der Waals surface area contributed by atoms with Crippen molar-refractivity contribution in [3.63, 3.8) is 0 Å². The van der Waals surface area contributed by atoms with Gasteiger partial charge in [0.1, 0.15) is 0 Å². The van der Waals surface area contributed by atoms with Gasteiger partial charge < -0.3 is 15.5 Å². The van der Waals surface area contributed by atoms with Crippen LogP contribution in [0, 0.1) is 5.92 Å². The summed E-state index contributed by atoms with van der Waals surface area (Å²) in [6.45, 7) is 11.6. The third-order valence-corrected chi connectivity index (χ3v) is 3.78. The molecule has 1 amide bonds. The highest BCUT2D eigenvalue weighted by atomic mass is 16.1. The molecule has 0 spiro atoms. The van der Waals surface area contributed by atoms with Gasteiger partial charge in [-0.25, -0.2) is 0 Å². The van der Waals surface area contributed by atoms with Gasteiger partial charge in [-0.15, -0.1) is 0 Å². The highest BCUT2D eigenvalue weighted by Crippen LogP contribution is 2.13. The van der Waals surface area contributed by atoms with Gasteiger partial charge in [-0.1, -0.05) is 13.8 Å². The smallest absolute Gasteiger partial charge is 0.220 e. The number of amides is 1. The summed E-state index contributed by atoms with van der Waals surface area (Å²) >= 11 is 0. The van der Waals surface area contributed by atoms with Gasteiger partial charge in [-0.3, -0.25) is 4.79 Å². The van der Waals surface area contributed by atoms with Crippen molar-refractivity contribution in [2.45, 2.75) is 46.1 Å². The maximum absolute atomic E-state index is 11.8. The molecule has 0 saturated carbocycles. The summed E-state index contributed by atoms with van der Waals surface area (Å²) in [5.74, 6) is 0.912. The molecule has 1 saturated heterocycles. The fourth-order valence-corrected chi connectivity index (χ4v) is 2.56. The monoisotopic (exact) mass is 255 g/mol. The number of carbonyl (C=O) groups excluding carboxylic acids is 1. The topological polar surface area (TPSA) is 44.4 Å². The molecular formula is C14H29N3O. The second-order valence-electron chi connectivity index (χ2n) is 5.35. The van der Waals surface area contributed by atoms with Crippen LogP contribution in [0.25, 0.3) is 0 Å². The Morgan fingerprint density at radius 3 is 2.72 bits per heavy atom. The number of likely N-dealkylation sites (N-methyl/N-ethyl adjacent to an activating group) is 1. The predicted molar refractivity (Wildman–Crippen MR) is 75.6 cm³/mol. The summed E-state index contributed by atoms with van der Waals surface area (Å²) in [7, 11) is 0. The fraction of sp³-hybridized carbons (Fsp3) is 0.929. The minimum absolute atomic E-state index is 0.210. The first-order valence-electron chi connectivity index (χ1n) is 7.38. The molecule has 0 radical (unpaired) electrons. The molecule has 0 aromatic rings. The summed E-state index contributed by atoms with van der Waals surface area (Å²) in [5, 5.41) is 6.44. The lowest BCUT2D eigenvalue weighted by molar-refractivity contribution is -0.122. The van der Waals surface area contributed by atoms with Crippen molar-refractivity contribution in [1.82, 2.24) is 15.5 Å². The van der Waals surface area contributed by atoms with Gasteiger partial charge in [0.15, 0.2) is 0 Å². The Hall–Kier alpha value is -0.610. The molecule has 1 fully saturated rings. The van der Waals surface area contributed by atoms with Gasteiger partial charge in [0.05, 0.1) is 0 Å². The van der Waals surface area contributed by atoms with Crippen LogP contribution in [-0.4, -0.2) is 49.6 Å². The quantitative estimate of drug-likeness (QED) is 0.685. The Morgan fingerprint density at radius 1 is 1.44 bits per heavy atom. The number of nitrogens with zero attached hydrogens (tertiary/aromatic N) is 1. The van der Waals surface area contributed by atoms with E-state index in [0.29, 0.717) is 12.3 Å². The van der Waals surface area contributed by atoms with E-state index in [4.69, 9.17) is 0 Å². The lowest BCUT2D eigenvalue weighted by Gasteiger charge is -2.23. The summed E-state index contributed by atoms with van der Waals surface area (Å²) in [6, 6.07) is 0.249. The van der Waals surface area contributed by atoms with Gasteiger partial charge in [0, 0.05) is 19.0 Å². The van der Waals surface area contributed by atoms with Gasteiger partial charge in [0.2, 0.25) is 5.91 Å². The lowest BCUT2D eigenvalue weighted by Crippen LogP contribution is -2.42. The summed E-state index contributed by atoms with van der Waals surface area (Å²) < 4.78 is 0. The average molecular weight is 255 g/mol. The minimum atomic E-state index is 0.210. The minimum Gasteiger partial charge on any atom is -0.352 e. The van der Waals surface area contributed by atoms with E-state index in [-0.39, 0.29) is 11.9 Å². The van der Waals surface area contributed by atoms with Gasteiger partial charge >= 0.3 is 0 Å². The van der Waals surface area contributed by atoms with Crippen molar-refractivity contribution in [2.24, 2.45) is 5.92 Å². The van der Waals surface area contributed by atoms with E-state index in [1.54, 1.807) is 0 Å². The second kappa shape index (κ2) is 8.48. The highest BCUT2D eigenvalue weighted by molar-refractivity contribution is 5.76. The molecule has 106 valence electrons. The van der Waals surface area contributed by atoms with Crippen LogP contribution in [0.5, 0.6) is 0 Å². The standard InChI is InChI=1S/C14H29N3O/c1-4-17(5-2)11-12(3)16-14(18)7-6-13-8-9-15-10-13/h12-13,15H,4-11H2,1-3H3,(H,16,18). The Bertz CT molecular complexity index is 235. The third kappa shape index (κ3) is 5.83. The maximum atomic E-state index is 11.8. The van der Waals surface area contributed by atoms with Crippen LogP contribution in [-0.2, 0) is 4.79 Å². The van der Waals surface area contributed by atoms with E-state index in [2.05, 4.69) is 36.3 Å². The molecule has 1 aliphatic rings. The van der Waals surface area contributed by atoms with Crippen molar-refractivity contribution in [3.8, 4) is 0 Å². The van der Waals surface area contributed by atoms with E-state index in [1.807, 2.05) is 0 Å². The van der Waals surface area contributed by atoms with Crippen molar-refractivity contribution >= 4 is 5.91 Å². The zero-order valence-corrected chi connectivity index (χ0v) is 12.2. The molecule has 0 aromatic carbocycles. The Kier molecular flexibility index (Phi) is 7.28.